The lowest BCUT2D eigenvalue weighted by Crippen LogP contribution is -2.31. The standard InChI is InChI=1S/C9H16N6O/c1-16-9-12-7(14-10)11-8(13-9)15-5-3-2-4-6-15/h2-6,10H2,1H3,(H,11,12,13,14). The van der Waals surface area contributed by atoms with Crippen molar-refractivity contribution in [1.82, 2.24) is 15.0 Å². The molecule has 0 spiro atoms. The minimum Gasteiger partial charge on any atom is -0.467 e. The van der Waals surface area contributed by atoms with Gasteiger partial charge in [-0.25, -0.2) is 5.84 Å². The zero-order valence-electron chi connectivity index (χ0n) is 9.31. The molecule has 1 aliphatic heterocycles. The molecular formula is C9H16N6O. The molecule has 0 aliphatic carbocycles. The fraction of sp³-hybridized carbons (Fsp3) is 0.667. The lowest BCUT2D eigenvalue weighted by atomic mass is 10.1. The molecule has 0 amide bonds. The number of rotatable bonds is 3. The van der Waals surface area contributed by atoms with E-state index in [0.29, 0.717) is 11.9 Å². The second kappa shape index (κ2) is 4.93. The highest BCUT2D eigenvalue weighted by Crippen LogP contribution is 2.18. The van der Waals surface area contributed by atoms with Gasteiger partial charge in [0.15, 0.2) is 0 Å². The van der Waals surface area contributed by atoms with Crippen LogP contribution in [0.15, 0.2) is 0 Å². The average molecular weight is 224 g/mol. The van der Waals surface area contributed by atoms with Gasteiger partial charge in [0.1, 0.15) is 0 Å². The second-order valence-electron chi connectivity index (χ2n) is 3.64. The molecule has 1 aromatic rings. The maximum absolute atomic E-state index is 5.29. The number of nitrogens with one attached hydrogen (secondary N) is 1. The van der Waals surface area contributed by atoms with Crippen LogP contribution in [0.2, 0.25) is 0 Å². The van der Waals surface area contributed by atoms with Gasteiger partial charge in [-0.3, -0.25) is 5.43 Å². The number of nitrogen functional groups attached to an aromatic ring is 1. The van der Waals surface area contributed by atoms with Gasteiger partial charge in [0.2, 0.25) is 11.9 Å². The second-order valence-corrected chi connectivity index (χ2v) is 3.64. The topological polar surface area (TPSA) is 89.2 Å². The van der Waals surface area contributed by atoms with Crippen molar-refractivity contribution < 1.29 is 4.74 Å². The van der Waals surface area contributed by atoms with E-state index in [-0.39, 0.29) is 6.01 Å². The Morgan fingerprint density at radius 3 is 2.56 bits per heavy atom. The summed E-state index contributed by atoms with van der Waals surface area (Å²) in [6, 6.07) is 0.281. The quantitative estimate of drug-likeness (QED) is 0.558. The molecule has 7 nitrogen and oxygen atoms in total. The summed E-state index contributed by atoms with van der Waals surface area (Å²) in [5.41, 5.74) is 2.41. The van der Waals surface area contributed by atoms with Gasteiger partial charge in [0.05, 0.1) is 7.11 Å². The van der Waals surface area contributed by atoms with E-state index in [2.05, 4.69) is 25.3 Å². The maximum Gasteiger partial charge on any atom is 0.322 e. The summed E-state index contributed by atoms with van der Waals surface area (Å²) < 4.78 is 5.00. The number of piperidine rings is 1. The van der Waals surface area contributed by atoms with Crippen LogP contribution in [0.1, 0.15) is 19.3 Å². The Kier molecular flexibility index (Phi) is 3.35. The third-order valence-corrected chi connectivity index (χ3v) is 2.55. The van der Waals surface area contributed by atoms with Crippen LogP contribution in [0.25, 0.3) is 0 Å². The molecule has 1 fully saturated rings. The van der Waals surface area contributed by atoms with Crippen molar-refractivity contribution in [3.05, 3.63) is 0 Å². The molecule has 16 heavy (non-hydrogen) atoms. The normalized spacial score (nSPS) is 16.0. The Morgan fingerprint density at radius 1 is 1.19 bits per heavy atom. The average Bonchev–Trinajstić information content (AvgIpc) is 2.39. The minimum absolute atomic E-state index is 0.281. The Hall–Kier alpha value is -1.63. The molecule has 0 atom stereocenters. The van der Waals surface area contributed by atoms with Crippen LogP contribution < -0.4 is 20.9 Å². The van der Waals surface area contributed by atoms with E-state index in [1.807, 2.05) is 0 Å². The van der Waals surface area contributed by atoms with E-state index >= 15 is 0 Å². The van der Waals surface area contributed by atoms with Crippen molar-refractivity contribution in [3.8, 4) is 6.01 Å². The number of methoxy groups -OCH3 is 1. The molecule has 3 N–H and O–H groups in total. The zero-order chi connectivity index (χ0) is 11.4. The van der Waals surface area contributed by atoms with Crippen molar-refractivity contribution in [1.29, 1.82) is 0 Å². The first-order valence-corrected chi connectivity index (χ1v) is 5.35. The molecule has 1 aromatic heterocycles. The summed E-state index contributed by atoms with van der Waals surface area (Å²) in [4.78, 5) is 14.5. The van der Waals surface area contributed by atoms with Gasteiger partial charge in [0.25, 0.3) is 0 Å². The van der Waals surface area contributed by atoms with Crippen molar-refractivity contribution in [2.24, 2.45) is 5.84 Å². The number of ether oxygens (including phenoxy) is 1. The summed E-state index contributed by atoms with van der Waals surface area (Å²) in [5.74, 6) is 6.25. The Balaban J connectivity index is 2.24. The predicted molar refractivity (Wildman–Crippen MR) is 60.3 cm³/mol. The van der Waals surface area contributed by atoms with Crippen molar-refractivity contribution in [2.45, 2.75) is 19.3 Å². The van der Waals surface area contributed by atoms with Gasteiger partial charge in [0, 0.05) is 13.1 Å². The number of nitrogens with zero attached hydrogens (tertiary/aromatic N) is 4. The first-order chi connectivity index (χ1) is 7.83. The number of hydrogen-bond acceptors (Lipinski definition) is 7. The molecule has 2 heterocycles. The highest BCUT2D eigenvalue weighted by Gasteiger charge is 2.16. The summed E-state index contributed by atoms with van der Waals surface area (Å²) in [6.07, 6.45) is 3.60. The lowest BCUT2D eigenvalue weighted by molar-refractivity contribution is 0.378. The maximum atomic E-state index is 5.29. The van der Waals surface area contributed by atoms with E-state index in [4.69, 9.17) is 10.6 Å². The lowest BCUT2D eigenvalue weighted by Gasteiger charge is -2.26. The molecule has 0 bridgehead atoms. The smallest absolute Gasteiger partial charge is 0.322 e. The van der Waals surface area contributed by atoms with Crippen LogP contribution in [0.5, 0.6) is 6.01 Å². The highest BCUT2D eigenvalue weighted by molar-refractivity contribution is 5.37. The molecule has 7 heteroatoms. The first-order valence-electron chi connectivity index (χ1n) is 5.35. The van der Waals surface area contributed by atoms with E-state index in [9.17, 15) is 0 Å². The summed E-state index contributed by atoms with van der Waals surface area (Å²) in [5, 5.41) is 0. The van der Waals surface area contributed by atoms with Crippen molar-refractivity contribution in [3.63, 3.8) is 0 Å². The van der Waals surface area contributed by atoms with Crippen LogP contribution in [-0.4, -0.2) is 35.2 Å². The van der Waals surface area contributed by atoms with E-state index < -0.39 is 0 Å². The Bertz CT molecular complexity index is 330. The van der Waals surface area contributed by atoms with E-state index in [1.165, 1.54) is 26.4 Å². The fourth-order valence-corrected chi connectivity index (χ4v) is 1.74. The zero-order valence-corrected chi connectivity index (χ0v) is 9.31. The fourth-order valence-electron chi connectivity index (χ4n) is 1.74. The molecule has 1 aliphatic rings. The number of aromatic nitrogens is 3. The monoisotopic (exact) mass is 224 g/mol. The highest BCUT2D eigenvalue weighted by atomic mass is 16.5. The molecule has 88 valence electrons. The van der Waals surface area contributed by atoms with E-state index in [1.54, 1.807) is 0 Å². The number of anilines is 2. The summed E-state index contributed by atoms with van der Waals surface area (Å²) >= 11 is 0. The molecule has 0 unspecified atom stereocenters. The van der Waals surface area contributed by atoms with Crippen molar-refractivity contribution >= 4 is 11.9 Å². The first kappa shape index (κ1) is 10.9. The number of hydrazine groups is 1. The SMILES string of the molecule is COc1nc(NN)nc(N2CCCCC2)n1. The summed E-state index contributed by atoms with van der Waals surface area (Å²) in [6.45, 7) is 1.94. The van der Waals surface area contributed by atoms with Crippen LogP contribution in [-0.2, 0) is 0 Å². The minimum atomic E-state index is 0.281. The Morgan fingerprint density at radius 2 is 1.94 bits per heavy atom. The third-order valence-electron chi connectivity index (χ3n) is 2.55. The van der Waals surface area contributed by atoms with Gasteiger partial charge in [-0.15, -0.1) is 0 Å². The van der Waals surface area contributed by atoms with Gasteiger partial charge >= 0.3 is 6.01 Å². The molecule has 2 rings (SSSR count). The third kappa shape index (κ3) is 2.30. The van der Waals surface area contributed by atoms with Gasteiger partial charge in [-0.2, -0.15) is 15.0 Å². The van der Waals surface area contributed by atoms with Crippen LogP contribution in [0, 0.1) is 0 Å². The molecule has 0 saturated carbocycles. The van der Waals surface area contributed by atoms with Crippen LogP contribution in [0.4, 0.5) is 11.9 Å². The molecular weight excluding hydrogens is 208 g/mol. The van der Waals surface area contributed by atoms with Crippen LogP contribution in [0.3, 0.4) is 0 Å². The van der Waals surface area contributed by atoms with Gasteiger partial charge in [-0.1, -0.05) is 0 Å². The van der Waals surface area contributed by atoms with E-state index in [0.717, 1.165) is 13.1 Å². The molecule has 0 aromatic carbocycles. The largest absolute Gasteiger partial charge is 0.467 e. The summed E-state index contributed by atoms with van der Waals surface area (Å²) in [7, 11) is 1.52. The Labute approximate surface area is 94.0 Å². The van der Waals surface area contributed by atoms with Gasteiger partial charge in [-0.05, 0) is 19.3 Å². The number of nitrogens with two attached hydrogens (primary N) is 1. The van der Waals surface area contributed by atoms with Gasteiger partial charge < -0.3 is 9.64 Å². The van der Waals surface area contributed by atoms with Crippen LogP contribution >= 0.6 is 0 Å². The number of hydrogen-bond donors (Lipinski definition) is 2. The molecule has 0 radical (unpaired) electrons. The predicted octanol–water partition coefficient (Wildman–Crippen LogP) is 0.156. The van der Waals surface area contributed by atoms with Crippen molar-refractivity contribution in [2.75, 3.05) is 30.5 Å². The molecule has 1 saturated heterocycles.